The molecule has 134 valence electrons. The first kappa shape index (κ1) is 17.7. The van der Waals surface area contributed by atoms with E-state index in [1.165, 1.54) is 23.1 Å². The van der Waals surface area contributed by atoms with Crippen LogP contribution in [-0.2, 0) is 16.1 Å². The molecule has 6 heteroatoms. The Kier molecular flexibility index (Phi) is 5.58. The van der Waals surface area contributed by atoms with Crippen molar-refractivity contribution in [1.29, 1.82) is 0 Å². The number of carbonyl (C=O) groups is 1. The fourth-order valence-corrected chi connectivity index (χ4v) is 3.16. The van der Waals surface area contributed by atoms with Gasteiger partial charge in [-0.25, -0.2) is 8.78 Å². The zero-order valence-electron chi connectivity index (χ0n) is 14.3. The van der Waals surface area contributed by atoms with E-state index in [1.54, 1.807) is 6.08 Å². The Bertz CT molecular complexity index is 689. The minimum atomic E-state index is -0.630. The van der Waals surface area contributed by atoms with E-state index in [2.05, 4.69) is 4.99 Å². The van der Waals surface area contributed by atoms with Crippen LogP contribution in [0.15, 0.2) is 34.8 Å². The lowest BCUT2D eigenvalue weighted by molar-refractivity contribution is -0.128. The van der Waals surface area contributed by atoms with E-state index in [1.807, 2.05) is 6.92 Å². The summed E-state index contributed by atoms with van der Waals surface area (Å²) in [5, 5.41) is 0. The second-order valence-electron chi connectivity index (χ2n) is 6.57. The van der Waals surface area contributed by atoms with Gasteiger partial charge in [-0.3, -0.25) is 9.79 Å². The second-order valence-corrected chi connectivity index (χ2v) is 6.57. The number of hydrogen-bond acceptors (Lipinski definition) is 3. The smallest absolute Gasteiger partial charge is 0.252 e. The Balaban J connectivity index is 1.75. The van der Waals surface area contributed by atoms with Gasteiger partial charge in [-0.2, -0.15) is 0 Å². The van der Waals surface area contributed by atoms with Gasteiger partial charge in [0.25, 0.3) is 5.91 Å². The summed E-state index contributed by atoms with van der Waals surface area (Å²) in [4.78, 5) is 18.6. The summed E-state index contributed by atoms with van der Waals surface area (Å²) in [7, 11) is 0. The number of amides is 1. The average Bonchev–Trinajstić information content (AvgIpc) is 3.25. The molecule has 0 radical (unpaired) electrons. The molecule has 2 aliphatic heterocycles. The van der Waals surface area contributed by atoms with Crippen LogP contribution in [0, 0.1) is 17.6 Å². The average molecular weight is 348 g/mol. The van der Waals surface area contributed by atoms with Crippen molar-refractivity contribution in [1.82, 2.24) is 4.90 Å². The van der Waals surface area contributed by atoms with Crippen LogP contribution < -0.4 is 0 Å². The van der Waals surface area contributed by atoms with Gasteiger partial charge in [0.05, 0.1) is 13.1 Å². The topological polar surface area (TPSA) is 41.9 Å². The molecule has 0 spiro atoms. The molecule has 1 amide bonds. The van der Waals surface area contributed by atoms with Gasteiger partial charge in [-0.15, -0.1) is 0 Å². The summed E-state index contributed by atoms with van der Waals surface area (Å²) in [5.41, 5.74) is 1.29. The summed E-state index contributed by atoms with van der Waals surface area (Å²) in [6, 6.07) is 3.76. The van der Waals surface area contributed by atoms with Crippen LogP contribution in [0.2, 0.25) is 0 Å². The first-order valence-corrected chi connectivity index (χ1v) is 8.56. The highest BCUT2D eigenvalue weighted by Gasteiger charge is 2.25. The van der Waals surface area contributed by atoms with Crippen LogP contribution in [0.3, 0.4) is 0 Å². The summed E-state index contributed by atoms with van der Waals surface area (Å²) in [5.74, 6) is -1.08. The molecule has 4 nitrogen and oxygen atoms in total. The number of carbonyl (C=O) groups excluding carboxylic acids is 1. The van der Waals surface area contributed by atoms with Crippen LogP contribution >= 0.6 is 0 Å². The van der Waals surface area contributed by atoms with E-state index in [4.69, 9.17) is 4.74 Å². The van der Waals surface area contributed by atoms with Crippen molar-refractivity contribution in [2.75, 3.05) is 26.3 Å². The van der Waals surface area contributed by atoms with Gasteiger partial charge in [0.1, 0.15) is 11.6 Å². The maximum absolute atomic E-state index is 14.0. The van der Waals surface area contributed by atoms with Crippen molar-refractivity contribution in [3.05, 3.63) is 47.0 Å². The minimum absolute atomic E-state index is 0.0743. The fourth-order valence-electron chi connectivity index (χ4n) is 3.16. The number of halogens is 2. The second kappa shape index (κ2) is 7.87. The normalized spacial score (nSPS) is 19.7. The van der Waals surface area contributed by atoms with E-state index in [9.17, 15) is 13.6 Å². The summed E-state index contributed by atoms with van der Waals surface area (Å²) >= 11 is 0. The molecule has 2 aliphatic rings. The molecule has 0 aromatic heterocycles. The highest BCUT2D eigenvalue weighted by atomic mass is 19.1. The zero-order chi connectivity index (χ0) is 17.8. The van der Waals surface area contributed by atoms with Crippen molar-refractivity contribution in [3.8, 4) is 0 Å². The monoisotopic (exact) mass is 348 g/mol. The fraction of sp³-hybridized carbons (Fsp3) is 0.474. The van der Waals surface area contributed by atoms with E-state index in [-0.39, 0.29) is 18.0 Å². The maximum Gasteiger partial charge on any atom is 0.252 e. The van der Waals surface area contributed by atoms with Gasteiger partial charge < -0.3 is 9.64 Å². The van der Waals surface area contributed by atoms with Crippen molar-refractivity contribution >= 4 is 11.6 Å². The molecule has 1 fully saturated rings. The van der Waals surface area contributed by atoms with Crippen LogP contribution in [0.25, 0.3) is 0 Å². The summed E-state index contributed by atoms with van der Waals surface area (Å²) in [6.07, 6.45) is 3.46. The number of aliphatic imine (C=N–C) groups is 1. The molecule has 1 saturated heterocycles. The first-order chi connectivity index (χ1) is 12.0. The van der Waals surface area contributed by atoms with Crippen molar-refractivity contribution < 1.29 is 18.3 Å². The Hall–Kier alpha value is -2.08. The van der Waals surface area contributed by atoms with E-state index >= 15 is 0 Å². The molecule has 0 aliphatic carbocycles. The summed E-state index contributed by atoms with van der Waals surface area (Å²) in [6.45, 7) is 3.93. The lowest BCUT2D eigenvalue weighted by atomic mass is 10.0. The summed E-state index contributed by atoms with van der Waals surface area (Å²) < 4.78 is 33.4. The van der Waals surface area contributed by atoms with Gasteiger partial charge in [0.2, 0.25) is 0 Å². The third kappa shape index (κ3) is 4.31. The molecule has 1 unspecified atom stereocenters. The molecule has 0 saturated carbocycles. The van der Waals surface area contributed by atoms with Crippen molar-refractivity contribution in [3.63, 3.8) is 0 Å². The lowest BCUT2D eigenvalue weighted by Gasteiger charge is -2.25. The van der Waals surface area contributed by atoms with Crippen LogP contribution in [0.4, 0.5) is 8.78 Å². The van der Waals surface area contributed by atoms with Crippen molar-refractivity contribution in [2.45, 2.75) is 26.3 Å². The molecular weight excluding hydrogens is 326 g/mol. The highest BCUT2D eigenvalue weighted by Crippen LogP contribution is 2.21. The number of allylic oxidation sites excluding steroid dienone is 1. The van der Waals surface area contributed by atoms with Gasteiger partial charge >= 0.3 is 0 Å². The standard InChI is InChI=1S/C19H22F2N2O2/c1-13-9-15(10-22-13)19(24)23(7-5-14-6-8-25-12-14)11-16-17(20)3-2-4-18(16)21/h2-4,9,14H,5-8,10-12H2,1H3. The Morgan fingerprint density at radius 1 is 1.36 bits per heavy atom. The van der Waals surface area contributed by atoms with Gasteiger partial charge in [0.15, 0.2) is 0 Å². The van der Waals surface area contributed by atoms with Gasteiger partial charge in [-0.1, -0.05) is 6.07 Å². The molecule has 1 aromatic rings. The quantitative estimate of drug-likeness (QED) is 0.793. The molecule has 3 rings (SSSR count). The molecular formula is C19H22F2N2O2. The predicted octanol–water partition coefficient (Wildman–Crippen LogP) is 3.12. The Morgan fingerprint density at radius 3 is 2.72 bits per heavy atom. The van der Waals surface area contributed by atoms with Crippen LogP contribution in [0.1, 0.15) is 25.3 Å². The maximum atomic E-state index is 14.0. The number of ether oxygens (including phenoxy) is 1. The predicted molar refractivity (Wildman–Crippen MR) is 91.4 cm³/mol. The molecule has 2 heterocycles. The van der Waals surface area contributed by atoms with E-state index in [0.29, 0.717) is 31.2 Å². The first-order valence-electron chi connectivity index (χ1n) is 8.56. The van der Waals surface area contributed by atoms with Crippen LogP contribution in [0.5, 0.6) is 0 Å². The third-order valence-corrected chi connectivity index (χ3v) is 4.69. The molecule has 1 aromatic carbocycles. The van der Waals surface area contributed by atoms with Crippen molar-refractivity contribution in [2.24, 2.45) is 10.9 Å². The minimum Gasteiger partial charge on any atom is -0.381 e. The number of benzene rings is 1. The molecule has 1 atom stereocenters. The number of nitrogens with zero attached hydrogens (tertiary/aromatic N) is 2. The Morgan fingerprint density at radius 2 is 2.12 bits per heavy atom. The largest absolute Gasteiger partial charge is 0.381 e. The molecule has 0 N–H and O–H groups in total. The van der Waals surface area contributed by atoms with Gasteiger partial charge in [0, 0.05) is 36.6 Å². The third-order valence-electron chi connectivity index (χ3n) is 4.69. The molecule has 25 heavy (non-hydrogen) atoms. The molecule has 0 bridgehead atoms. The van der Waals surface area contributed by atoms with E-state index < -0.39 is 11.6 Å². The SMILES string of the molecule is CC1=NCC(C(=O)N(CCC2CCOC2)Cc2c(F)cccc2F)=C1. The van der Waals surface area contributed by atoms with Crippen LogP contribution in [-0.4, -0.2) is 42.8 Å². The Labute approximate surface area is 146 Å². The van der Waals surface area contributed by atoms with E-state index in [0.717, 1.165) is 25.2 Å². The highest BCUT2D eigenvalue weighted by molar-refractivity contribution is 6.06. The lowest BCUT2D eigenvalue weighted by Crippen LogP contribution is -2.34. The van der Waals surface area contributed by atoms with Gasteiger partial charge in [-0.05, 0) is 43.9 Å². The number of rotatable bonds is 6. The zero-order valence-corrected chi connectivity index (χ0v) is 14.3. The number of hydrogen-bond donors (Lipinski definition) is 0.